The molecule has 0 fully saturated rings. The molecule has 0 aliphatic carbocycles. The number of aromatic hydroxyl groups is 1. The number of nitrogens with one attached hydrogen (secondary N) is 4. The van der Waals surface area contributed by atoms with Crippen molar-refractivity contribution >= 4 is 41.3 Å². The zero-order chi connectivity index (χ0) is 27.3. The van der Waals surface area contributed by atoms with Gasteiger partial charge >= 0.3 is 0 Å². The first-order valence-electron chi connectivity index (χ1n) is 11.4. The third kappa shape index (κ3) is 11.4. The summed E-state index contributed by atoms with van der Waals surface area (Å²) < 4.78 is 0. The monoisotopic (exact) mass is 524 g/mol. The topological polar surface area (TPSA) is 206 Å². The number of carbonyl (C=O) groups excluding carboxylic acids is 5. The van der Waals surface area contributed by atoms with Crippen molar-refractivity contribution in [3.05, 3.63) is 29.8 Å². The van der Waals surface area contributed by atoms with Crippen molar-refractivity contribution in [1.29, 1.82) is 0 Å². The van der Waals surface area contributed by atoms with Crippen molar-refractivity contribution in [2.75, 3.05) is 25.1 Å². The fourth-order valence-corrected chi connectivity index (χ4v) is 3.56. The maximum Gasteiger partial charge on any atom is 0.243 e. The Hall–Kier alpha value is -3.32. The number of amides is 5. The molecule has 0 aliphatic heterocycles. The summed E-state index contributed by atoms with van der Waals surface area (Å²) in [6, 6.07) is 3.53. The lowest BCUT2D eigenvalue weighted by atomic mass is 10.0. The van der Waals surface area contributed by atoms with Gasteiger partial charge in [-0.3, -0.25) is 24.0 Å². The Morgan fingerprint density at radius 1 is 0.944 bits per heavy atom. The molecule has 12 nitrogen and oxygen atoms in total. The van der Waals surface area contributed by atoms with E-state index in [2.05, 4.69) is 21.3 Å². The van der Waals surface area contributed by atoms with E-state index in [1.807, 2.05) is 6.26 Å². The average molecular weight is 525 g/mol. The standard InChI is InChI=1S/C23H36N6O6S/c1-13(2)20(21(25)33)29-23(35)17(8-9-36-3)28-19(32)12-26-18(31)11-27-22(34)16(24)10-14-4-6-15(30)7-5-14/h4-7,13,16-17,20,30H,8-12,24H2,1-3H3,(H2,25,33)(H,26,31)(H,27,34)(H,28,32)(H,29,35). The second-order valence-electron chi connectivity index (χ2n) is 8.51. The van der Waals surface area contributed by atoms with Crippen LogP contribution in [-0.4, -0.2) is 77.9 Å². The molecule has 0 aliphatic rings. The molecule has 3 unspecified atom stereocenters. The predicted octanol–water partition coefficient (Wildman–Crippen LogP) is -1.64. The number of phenols is 1. The van der Waals surface area contributed by atoms with Crippen molar-refractivity contribution in [3.63, 3.8) is 0 Å². The minimum Gasteiger partial charge on any atom is -0.508 e. The number of thioether (sulfide) groups is 1. The van der Waals surface area contributed by atoms with Crippen LogP contribution in [0, 0.1) is 5.92 Å². The number of hydrogen-bond donors (Lipinski definition) is 7. The van der Waals surface area contributed by atoms with Gasteiger partial charge in [-0.2, -0.15) is 11.8 Å². The molecule has 5 amide bonds. The fourth-order valence-electron chi connectivity index (χ4n) is 3.09. The SMILES string of the molecule is CSCCC(NC(=O)CNC(=O)CNC(=O)C(N)Cc1ccc(O)cc1)C(=O)NC(C(N)=O)C(C)C. The number of benzene rings is 1. The summed E-state index contributed by atoms with van der Waals surface area (Å²) in [5.41, 5.74) is 11.9. The van der Waals surface area contributed by atoms with E-state index in [1.54, 1.807) is 26.0 Å². The Balaban J connectivity index is 2.50. The number of carbonyl (C=O) groups is 5. The molecule has 0 aromatic heterocycles. The number of nitrogens with two attached hydrogens (primary N) is 2. The van der Waals surface area contributed by atoms with Crippen LogP contribution < -0.4 is 32.7 Å². The summed E-state index contributed by atoms with van der Waals surface area (Å²) in [5, 5.41) is 19.2. The Kier molecular flexibility index (Phi) is 13.3. The molecule has 0 bridgehead atoms. The molecule has 1 aromatic rings. The van der Waals surface area contributed by atoms with E-state index in [4.69, 9.17) is 11.5 Å². The summed E-state index contributed by atoms with van der Waals surface area (Å²) in [4.78, 5) is 60.7. The molecule has 0 spiro atoms. The minimum absolute atomic E-state index is 0.0964. The van der Waals surface area contributed by atoms with Gasteiger partial charge in [-0.15, -0.1) is 0 Å². The highest BCUT2D eigenvalue weighted by atomic mass is 32.2. The second kappa shape index (κ2) is 15.6. The van der Waals surface area contributed by atoms with Crippen LogP contribution in [0.1, 0.15) is 25.8 Å². The maximum atomic E-state index is 12.6. The van der Waals surface area contributed by atoms with E-state index >= 15 is 0 Å². The maximum absolute atomic E-state index is 12.6. The van der Waals surface area contributed by atoms with E-state index in [0.29, 0.717) is 12.2 Å². The zero-order valence-electron chi connectivity index (χ0n) is 20.7. The van der Waals surface area contributed by atoms with E-state index in [1.165, 1.54) is 23.9 Å². The lowest BCUT2D eigenvalue weighted by molar-refractivity contribution is -0.132. The number of rotatable bonds is 15. The van der Waals surface area contributed by atoms with Crippen molar-refractivity contribution in [3.8, 4) is 5.75 Å². The van der Waals surface area contributed by atoms with Gasteiger partial charge in [0.2, 0.25) is 29.5 Å². The van der Waals surface area contributed by atoms with Crippen LogP contribution in [-0.2, 0) is 30.4 Å². The Morgan fingerprint density at radius 3 is 2.11 bits per heavy atom. The Bertz CT molecular complexity index is 911. The summed E-state index contributed by atoms with van der Waals surface area (Å²) in [7, 11) is 0. The zero-order valence-corrected chi connectivity index (χ0v) is 21.5. The molecule has 13 heteroatoms. The summed E-state index contributed by atoms with van der Waals surface area (Å²) in [6.07, 6.45) is 2.37. The molecule has 9 N–H and O–H groups in total. The highest BCUT2D eigenvalue weighted by Gasteiger charge is 2.27. The third-order valence-corrected chi connectivity index (χ3v) is 5.78. The van der Waals surface area contributed by atoms with Crippen LogP contribution in [0.5, 0.6) is 5.75 Å². The summed E-state index contributed by atoms with van der Waals surface area (Å²) in [6.45, 7) is 2.67. The van der Waals surface area contributed by atoms with Gasteiger partial charge in [0, 0.05) is 0 Å². The van der Waals surface area contributed by atoms with Gasteiger partial charge in [-0.25, -0.2) is 0 Å². The molecule has 1 aromatic carbocycles. The first kappa shape index (κ1) is 30.7. The van der Waals surface area contributed by atoms with Crippen LogP contribution >= 0.6 is 11.8 Å². The molecule has 0 heterocycles. The molecule has 0 radical (unpaired) electrons. The van der Waals surface area contributed by atoms with Crippen molar-refractivity contribution < 1.29 is 29.1 Å². The molecule has 0 saturated heterocycles. The van der Waals surface area contributed by atoms with Gasteiger partial charge in [-0.05, 0) is 48.5 Å². The first-order valence-corrected chi connectivity index (χ1v) is 12.8. The van der Waals surface area contributed by atoms with Crippen molar-refractivity contribution in [2.24, 2.45) is 17.4 Å². The van der Waals surface area contributed by atoms with E-state index in [9.17, 15) is 29.1 Å². The molecule has 36 heavy (non-hydrogen) atoms. The van der Waals surface area contributed by atoms with Gasteiger partial charge in [0.1, 0.15) is 17.8 Å². The molecule has 3 atom stereocenters. The van der Waals surface area contributed by atoms with Crippen LogP contribution in [0.4, 0.5) is 0 Å². The lowest BCUT2D eigenvalue weighted by Gasteiger charge is -2.23. The Labute approximate surface area is 214 Å². The fraction of sp³-hybridized carbons (Fsp3) is 0.522. The predicted molar refractivity (Wildman–Crippen MR) is 137 cm³/mol. The highest BCUT2D eigenvalue weighted by Crippen LogP contribution is 2.11. The van der Waals surface area contributed by atoms with Gasteiger partial charge in [0.05, 0.1) is 19.1 Å². The van der Waals surface area contributed by atoms with Gasteiger partial charge in [0.15, 0.2) is 0 Å². The Morgan fingerprint density at radius 2 is 1.56 bits per heavy atom. The number of phenolic OH excluding ortho intramolecular Hbond substituents is 1. The summed E-state index contributed by atoms with van der Waals surface area (Å²) in [5.74, 6) is -2.56. The molecule has 0 saturated carbocycles. The normalized spacial score (nSPS) is 13.2. The van der Waals surface area contributed by atoms with E-state index in [-0.39, 0.29) is 24.6 Å². The van der Waals surface area contributed by atoms with Crippen LogP contribution in [0.2, 0.25) is 0 Å². The minimum atomic E-state index is -0.917. The number of primary amides is 1. The number of hydrogen-bond acceptors (Lipinski definition) is 8. The van der Waals surface area contributed by atoms with Crippen LogP contribution in [0.15, 0.2) is 24.3 Å². The quantitative estimate of drug-likeness (QED) is 0.141. The van der Waals surface area contributed by atoms with Crippen LogP contribution in [0.25, 0.3) is 0 Å². The molecule has 1 rings (SSSR count). The van der Waals surface area contributed by atoms with Crippen molar-refractivity contribution in [1.82, 2.24) is 21.3 Å². The second-order valence-corrected chi connectivity index (χ2v) is 9.49. The summed E-state index contributed by atoms with van der Waals surface area (Å²) >= 11 is 1.48. The largest absolute Gasteiger partial charge is 0.508 e. The third-order valence-electron chi connectivity index (χ3n) is 5.13. The molecular weight excluding hydrogens is 488 g/mol. The molecule has 200 valence electrons. The van der Waals surface area contributed by atoms with E-state index in [0.717, 1.165) is 5.56 Å². The van der Waals surface area contributed by atoms with Crippen LogP contribution in [0.3, 0.4) is 0 Å². The highest BCUT2D eigenvalue weighted by molar-refractivity contribution is 7.98. The first-order chi connectivity index (χ1) is 16.9. The van der Waals surface area contributed by atoms with Gasteiger partial charge in [-0.1, -0.05) is 26.0 Å². The average Bonchev–Trinajstić information content (AvgIpc) is 2.82. The van der Waals surface area contributed by atoms with Gasteiger partial charge in [0.25, 0.3) is 0 Å². The lowest BCUT2D eigenvalue weighted by Crippen LogP contribution is -2.55. The molecular formula is C23H36N6O6S. The van der Waals surface area contributed by atoms with E-state index < -0.39 is 54.2 Å². The smallest absolute Gasteiger partial charge is 0.243 e. The van der Waals surface area contributed by atoms with Crippen molar-refractivity contribution in [2.45, 2.75) is 44.8 Å². The van der Waals surface area contributed by atoms with Gasteiger partial charge < -0.3 is 37.8 Å².